The Morgan fingerprint density at radius 2 is 2.06 bits per heavy atom. The Balaban J connectivity index is 2.34. The lowest BCUT2D eigenvalue weighted by Gasteiger charge is -2.36. The first-order chi connectivity index (χ1) is 7.54. The van der Waals surface area contributed by atoms with E-state index in [-0.39, 0.29) is 11.9 Å². The number of nitrogens with two attached hydrogens (primary N) is 1. The number of hydrogen-bond acceptors (Lipinski definition) is 4. The molecule has 16 heavy (non-hydrogen) atoms. The van der Waals surface area contributed by atoms with Crippen molar-refractivity contribution >= 4 is 5.91 Å². The number of piperidine rings is 1. The van der Waals surface area contributed by atoms with Crippen molar-refractivity contribution in [3.63, 3.8) is 0 Å². The molecule has 1 aliphatic heterocycles. The van der Waals surface area contributed by atoms with Crippen molar-refractivity contribution in [3.05, 3.63) is 0 Å². The summed E-state index contributed by atoms with van der Waals surface area (Å²) in [5, 5.41) is 2.96. The molecule has 1 saturated heterocycles. The van der Waals surface area contributed by atoms with E-state index < -0.39 is 0 Å². The first kappa shape index (κ1) is 13.4. The van der Waals surface area contributed by atoms with E-state index in [0.29, 0.717) is 6.04 Å². The van der Waals surface area contributed by atoms with Crippen LogP contribution in [0.5, 0.6) is 0 Å². The van der Waals surface area contributed by atoms with Crippen LogP contribution in [0.25, 0.3) is 0 Å². The number of rotatable bonds is 5. The maximum absolute atomic E-state index is 11.1. The lowest BCUT2D eigenvalue weighted by molar-refractivity contribution is -0.120. The second kappa shape index (κ2) is 6.18. The van der Waals surface area contributed by atoms with Gasteiger partial charge in [-0.1, -0.05) is 0 Å². The average molecular weight is 228 g/mol. The zero-order valence-electron chi connectivity index (χ0n) is 10.6. The number of nitrogens with one attached hydrogen (secondary N) is 1. The van der Waals surface area contributed by atoms with Crippen LogP contribution in [-0.4, -0.2) is 68.6 Å². The van der Waals surface area contributed by atoms with E-state index in [1.165, 1.54) is 12.8 Å². The van der Waals surface area contributed by atoms with Gasteiger partial charge in [-0.15, -0.1) is 0 Å². The molecule has 5 nitrogen and oxygen atoms in total. The highest BCUT2D eigenvalue weighted by Crippen LogP contribution is 2.14. The summed E-state index contributed by atoms with van der Waals surface area (Å²) in [6.07, 6.45) is 2.34. The number of primary amides is 1. The minimum atomic E-state index is -0.266. The zero-order valence-corrected chi connectivity index (χ0v) is 10.6. The fraction of sp³-hybridized carbons (Fsp3) is 0.909. The molecule has 1 unspecified atom stereocenters. The molecule has 0 saturated carbocycles. The summed E-state index contributed by atoms with van der Waals surface area (Å²) in [6.45, 7) is 2.83. The molecule has 0 aliphatic carbocycles. The van der Waals surface area contributed by atoms with Crippen LogP contribution in [0.4, 0.5) is 0 Å². The van der Waals surface area contributed by atoms with Crippen LogP contribution in [-0.2, 0) is 4.79 Å². The first-order valence-electron chi connectivity index (χ1n) is 5.90. The maximum Gasteiger partial charge on any atom is 0.235 e. The van der Waals surface area contributed by atoms with Gasteiger partial charge in [0.15, 0.2) is 0 Å². The Kier molecular flexibility index (Phi) is 5.18. The Morgan fingerprint density at radius 3 is 2.44 bits per heavy atom. The Labute approximate surface area is 98.0 Å². The topological polar surface area (TPSA) is 61.6 Å². The molecule has 94 valence electrons. The van der Waals surface area contributed by atoms with Crippen LogP contribution >= 0.6 is 0 Å². The molecule has 0 aromatic carbocycles. The predicted octanol–water partition coefficient (Wildman–Crippen LogP) is -0.914. The quantitative estimate of drug-likeness (QED) is 0.639. The number of hydrogen-bond donors (Lipinski definition) is 2. The molecule has 1 amide bonds. The van der Waals surface area contributed by atoms with Crippen LogP contribution in [0.2, 0.25) is 0 Å². The standard InChI is InChI=1S/C11H24N4O/c1-13-10(11(12)16)8-15-6-4-9(5-7-15)14(2)3/h9-10,13H,4-8H2,1-3H3,(H2,12,16). The third-order valence-corrected chi connectivity index (χ3v) is 3.42. The SMILES string of the molecule is CNC(CN1CCC(N(C)C)CC1)C(N)=O. The largest absolute Gasteiger partial charge is 0.368 e. The molecule has 3 N–H and O–H groups in total. The van der Waals surface area contributed by atoms with Gasteiger partial charge < -0.3 is 20.9 Å². The van der Waals surface area contributed by atoms with Gasteiger partial charge in [-0.2, -0.15) is 0 Å². The van der Waals surface area contributed by atoms with Gasteiger partial charge in [0, 0.05) is 12.6 Å². The molecular formula is C11H24N4O. The molecule has 0 aromatic heterocycles. The van der Waals surface area contributed by atoms with E-state index in [1.54, 1.807) is 7.05 Å². The molecular weight excluding hydrogens is 204 g/mol. The van der Waals surface area contributed by atoms with E-state index in [1.807, 2.05) is 0 Å². The van der Waals surface area contributed by atoms with Crippen molar-refractivity contribution < 1.29 is 4.79 Å². The van der Waals surface area contributed by atoms with Crippen LogP contribution < -0.4 is 11.1 Å². The fourth-order valence-electron chi connectivity index (χ4n) is 2.20. The average Bonchev–Trinajstić information content (AvgIpc) is 2.26. The van der Waals surface area contributed by atoms with Crippen molar-refractivity contribution in [1.82, 2.24) is 15.1 Å². The van der Waals surface area contributed by atoms with Crippen molar-refractivity contribution in [3.8, 4) is 0 Å². The molecule has 1 atom stereocenters. The fourth-order valence-corrected chi connectivity index (χ4v) is 2.20. The van der Waals surface area contributed by atoms with Crippen molar-refractivity contribution in [1.29, 1.82) is 0 Å². The van der Waals surface area contributed by atoms with E-state index in [9.17, 15) is 4.79 Å². The number of carbonyl (C=O) groups excluding carboxylic acids is 1. The third-order valence-electron chi connectivity index (χ3n) is 3.42. The highest BCUT2D eigenvalue weighted by atomic mass is 16.1. The summed E-state index contributed by atoms with van der Waals surface area (Å²) in [7, 11) is 6.03. The van der Waals surface area contributed by atoms with Crippen LogP contribution in [0.15, 0.2) is 0 Å². The molecule has 0 spiro atoms. The summed E-state index contributed by atoms with van der Waals surface area (Å²) in [5.74, 6) is -0.266. The van der Waals surface area contributed by atoms with Gasteiger partial charge in [0.2, 0.25) is 5.91 Å². The van der Waals surface area contributed by atoms with E-state index in [0.717, 1.165) is 19.6 Å². The van der Waals surface area contributed by atoms with Gasteiger partial charge in [-0.05, 0) is 47.1 Å². The van der Waals surface area contributed by atoms with Gasteiger partial charge in [0.1, 0.15) is 0 Å². The van der Waals surface area contributed by atoms with Crippen molar-refractivity contribution in [2.75, 3.05) is 40.8 Å². The molecule has 0 aromatic rings. The number of carbonyl (C=O) groups is 1. The summed E-state index contributed by atoms with van der Waals surface area (Å²) in [5.41, 5.74) is 5.30. The molecule has 1 fully saturated rings. The van der Waals surface area contributed by atoms with Crippen LogP contribution in [0.3, 0.4) is 0 Å². The Morgan fingerprint density at radius 1 is 1.50 bits per heavy atom. The summed E-state index contributed by atoms with van der Waals surface area (Å²) < 4.78 is 0. The number of likely N-dealkylation sites (N-methyl/N-ethyl adjacent to an activating group) is 1. The Hall–Kier alpha value is -0.650. The minimum Gasteiger partial charge on any atom is -0.368 e. The number of amides is 1. The van der Waals surface area contributed by atoms with Gasteiger partial charge in [-0.25, -0.2) is 0 Å². The highest BCUT2D eigenvalue weighted by Gasteiger charge is 2.23. The van der Waals surface area contributed by atoms with Crippen molar-refractivity contribution in [2.45, 2.75) is 24.9 Å². The summed E-state index contributed by atoms with van der Waals surface area (Å²) in [6, 6.07) is 0.453. The van der Waals surface area contributed by atoms with Gasteiger partial charge in [0.25, 0.3) is 0 Å². The van der Waals surface area contributed by atoms with Gasteiger partial charge in [-0.3, -0.25) is 4.79 Å². The number of nitrogens with zero attached hydrogens (tertiary/aromatic N) is 2. The third kappa shape index (κ3) is 3.73. The van der Waals surface area contributed by atoms with E-state index in [2.05, 4.69) is 29.2 Å². The zero-order chi connectivity index (χ0) is 12.1. The molecule has 5 heteroatoms. The van der Waals surface area contributed by atoms with Crippen LogP contribution in [0.1, 0.15) is 12.8 Å². The van der Waals surface area contributed by atoms with E-state index in [4.69, 9.17) is 5.73 Å². The second-order valence-electron chi connectivity index (χ2n) is 4.74. The molecule has 1 aliphatic rings. The van der Waals surface area contributed by atoms with Gasteiger partial charge >= 0.3 is 0 Å². The normalized spacial score (nSPS) is 21.2. The van der Waals surface area contributed by atoms with Gasteiger partial charge in [0.05, 0.1) is 6.04 Å². The monoisotopic (exact) mass is 228 g/mol. The highest BCUT2D eigenvalue weighted by molar-refractivity contribution is 5.80. The minimum absolute atomic E-state index is 0.226. The predicted molar refractivity (Wildman–Crippen MR) is 65.2 cm³/mol. The summed E-state index contributed by atoms with van der Waals surface area (Å²) in [4.78, 5) is 15.7. The lowest BCUT2D eigenvalue weighted by Crippen LogP contribution is -2.51. The first-order valence-corrected chi connectivity index (χ1v) is 5.90. The lowest BCUT2D eigenvalue weighted by atomic mass is 10.0. The summed E-state index contributed by atoms with van der Waals surface area (Å²) >= 11 is 0. The maximum atomic E-state index is 11.1. The Bertz CT molecular complexity index is 224. The van der Waals surface area contributed by atoms with E-state index >= 15 is 0 Å². The molecule has 0 bridgehead atoms. The molecule has 1 heterocycles. The van der Waals surface area contributed by atoms with Crippen LogP contribution in [0, 0.1) is 0 Å². The second-order valence-corrected chi connectivity index (χ2v) is 4.74. The number of likely N-dealkylation sites (tertiary alicyclic amines) is 1. The smallest absolute Gasteiger partial charge is 0.235 e. The molecule has 1 rings (SSSR count). The van der Waals surface area contributed by atoms with Crippen molar-refractivity contribution in [2.24, 2.45) is 5.73 Å². The molecule has 0 radical (unpaired) electrons.